The minimum atomic E-state index is -0.683. The number of benzene rings is 3. The van der Waals surface area contributed by atoms with E-state index in [-0.39, 0.29) is 33.7 Å². The van der Waals surface area contributed by atoms with Crippen molar-refractivity contribution in [1.82, 2.24) is 4.90 Å². The molecular weight excluding hydrogens is 610 g/mol. The molecule has 44 heavy (non-hydrogen) atoms. The van der Waals surface area contributed by atoms with Crippen LogP contribution in [0.4, 0.5) is 16.2 Å². The van der Waals surface area contributed by atoms with Gasteiger partial charge in [0.15, 0.2) is 18.1 Å². The summed E-state index contributed by atoms with van der Waals surface area (Å²) in [7, 11) is 1.20. The van der Waals surface area contributed by atoms with E-state index >= 15 is 0 Å². The van der Waals surface area contributed by atoms with Crippen LogP contribution in [0.3, 0.4) is 0 Å². The SMILES string of the molecule is CCOc1cc(/C=C2/SC(=O)N(CC(=O)Nc3ccc(Cl)c(C(=O)OC)c3)C2=O)ccc1OCC(=O)Nc1cccc(C)c1. The highest BCUT2D eigenvalue weighted by Crippen LogP contribution is 2.35. The van der Waals surface area contributed by atoms with Gasteiger partial charge in [0.2, 0.25) is 5.91 Å². The number of aryl methyl sites for hydroxylation is 1. The van der Waals surface area contributed by atoms with Crippen molar-refractivity contribution in [2.24, 2.45) is 0 Å². The van der Waals surface area contributed by atoms with Crippen LogP contribution >= 0.6 is 23.4 Å². The summed E-state index contributed by atoms with van der Waals surface area (Å²) in [6, 6.07) is 16.5. The van der Waals surface area contributed by atoms with E-state index in [1.807, 2.05) is 25.1 Å². The summed E-state index contributed by atoms with van der Waals surface area (Å²) in [5.74, 6) is -1.66. The van der Waals surface area contributed by atoms with Gasteiger partial charge in [-0.3, -0.25) is 24.1 Å². The highest BCUT2D eigenvalue weighted by molar-refractivity contribution is 8.18. The Hall–Kier alpha value is -4.81. The molecule has 1 fully saturated rings. The predicted octanol–water partition coefficient (Wildman–Crippen LogP) is 5.53. The van der Waals surface area contributed by atoms with E-state index in [4.69, 9.17) is 21.1 Å². The minimum absolute atomic E-state index is 0.0504. The second kappa shape index (κ2) is 14.6. The summed E-state index contributed by atoms with van der Waals surface area (Å²) in [5, 5.41) is 4.84. The van der Waals surface area contributed by atoms with Crippen LogP contribution in [0, 0.1) is 6.92 Å². The first-order valence-corrected chi connectivity index (χ1v) is 14.5. The van der Waals surface area contributed by atoms with E-state index in [9.17, 15) is 24.0 Å². The summed E-state index contributed by atoms with van der Waals surface area (Å²) < 4.78 is 16.0. The van der Waals surface area contributed by atoms with E-state index in [0.29, 0.717) is 41.1 Å². The zero-order chi connectivity index (χ0) is 31.8. The number of imide groups is 1. The lowest BCUT2D eigenvalue weighted by Crippen LogP contribution is -2.36. The molecule has 0 aliphatic carbocycles. The van der Waals surface area contributed by atoms with Crippen LogP contribution in [0.2, 0.25) is 5.02 Å². The van der Waals surface area contributed by atoms with Crippen LogP contribution < -0.4 is 20.1 Å². The van der Waals surface area contributed by atoms with Gasteiger partial charge in [0.05, 0.1) is 29.2 Å². The standard InChI is InChI=1S/C31H28ClN3O8S/c1-4-42-25-13-19(8-11-24(25)43-17-28(37)34-20-7-5-6-18(2)12-20)14-26-29(38)35(31(40)44-26)16-27(36)33-21-9-10-23(32)22(15-21)30(39)41-3/h5-15H,4,16-17H2,1-3H3,(H,33,36)(H,34,37)/b26-14+. The molecule has 4 amide bonds. The van der Waals surface area contributed by atoms with Crippen molar-refractivity contribution in [3.63, 3.8) is 0 Å². The molecule has 1 aliphatic heterocycles. The Morgan fingerprint density at radius 2 is 1.68 bits per heavy atom. The molecule has 0 spiro atoms. The van der Waals surface area contributed by atoms with E-state index in [1.165, 1.54) is 31.4 Å². The Kier molecular flexibility index (Phi) is 10.6. The second-order valence-electron chi connectivity index (χ2n) is 9.35. The molecule has 1 saturated heterocycles. The molecule has 1 aliphatic rings. The van der Waals surface area contributed by atoms with Crippen LogP contribution in [-0.2, 0) is 19.1 Å². The van der Waals surface area contributed by atoms with Crippen molar-refractivity contribution in [2.75, 3.05) is 37.5 Å². The van der Waals surface area contributed by atoms with Crippen molar-refractivity contribution < 1.29 is 38.2 Å². The number of hydrogen-bond acceptors (Lipinski definition) is 9. The summed E-state index contributed by atoms with van der Waals surface area (Å²) in [4.78, 5) is 63.5. The number of thioether (sulfide) groups is 1. The van der Waals surface area contributed by atoms with Crippen molar-refractivity contribution in [1.29, 1.82) is 0 Å². The summed E-state index contributed by atoms with van der Waals surface area (Å²) >= 11 is 6.70. The second-order valence-corrected chi connectivity index (χ2v) is 10.7. The molecule has 0 saturated carbocycles. The molecule has 0 radical (unpaired) electrons. The van der Waals surface area contributed by atoms with E-state index < -0.39 is 29.6 Å². The highest BCUT2D eigenvalue weighted by Gasteiger charge is 2.36. The number of hydrogen-bond donors (Lipinski definition) is 2. The fourth-order valence-electron chi connectivity index (χ4n) is 4.07. The first-order valence-electron chi connectivity index (χ1n) is 13.3. The quantitative estimate of drug-likeness (QED) is 0.205. The third-order valence-corrected chi connectivity index (χ3v) is 7.29. The number of anilines is 2. The maximum atomic E-state index is 13.0. The molecule has 228 valence electrons. The zero-order valence-electron chi connectivity index (χ0n) is 24.0. The summed E-state index contributed by atoms with van der Waals surface area (Å²) in [6.45, 7) is 3.23. The number of nitrogens with zero attached hydrogens (tertiary/aromatic N) is 1. The number of rotatable bonds is 11. The van der Waals surface area contributed by atoms with Gasteiger partial charge in [0.25, 0.3) is 17.1 Å². The van der Waals surface area contributed by atoms with Crippen LogP contribution in [0.1, 0.15) is 28.4 Å². The maximum absolute atomic E-state index is 13.0. The Morgan fingerprint density at radius 3 is 2.41 bits per heavy atom. The third-order valence-electron chi connectivity index (χ3n) is 6.06. The van der Waals surface area contributed by atoms with Gasteiger partial charge in [0, 0.05) is 11.4 Å². The molecule has 4 rings (SSSR count). The summed E-state index contributed by atoms with van der Waals surface area (Å²) in [6.07, 6.45) is 1.50. The number of esters is 1. The monoisotopic (exact) mass is 637 g/mol. The normalized spacial score (nSPS) is 13.5. The number of amides is 4. The molecule has 0 aromatic heterocycles. The Morgan fingerprint density at radius 1 is 0.932 bits per heavy atom. The first-order chi connectivity index (χ1) is 21.1. The molecule has 3 aromatic carbocycles. The molecule has 2 N–H and O–H groups in total. The molecule has 0 bridgehead atoms. The number of carbonyl (C=O) groups excluding carboxylic acids is 5. The smallest absolute Gasteiger partial charge is 0.339 e. The molecule has 13 heteroatoms. The first kappa shape index (κ1) is 32.1. The number of nitrogens with one attached hydrogen (secondary N) is 2. The van der Waals surface area contributed by atoms with Crippen LogP contribution in [0.25, 0.3) is 6.08 Å². The number of methoxy groups -OCH3 is 1. The molecule has 1 heterocycles. The molecule has 0 atom stereocenters. The summed E-state index contributed by atoms with van der Waals surface area (Å²) in [5.41, 5.74) is 2.49. The number of halogens is 1. The van der Waals surface area contributed by atoms with Gasteiger partial charge in [-0.05, 0) is 85.3 Å². The zero-order valence-corrected chi connectivity index (χ0v) is 25.5. The molecule has 0 unspecified atom stereocenters. The van der Waals surface area contributed by atoms with Crippen molar-refractivity contribution >= 4 is 69.7 Å². The van der Waals surface area contributed by atoms with Crippen LogP contribution in [0.15, 0.2) is 65.6 Å². The van der Waals surface area contributed by atoms with Gasteiger partial charge in [-0.2, -0.15) is 0 Å². The Balaban J connectivity index is 1.40. The van der Waals surface area contributed by atoms with Crippen molar-refractivity contribution in [3.8, 4) is 11.5 Å². The lowest BCUT2D eigenvalue weighted by atomic mass is 10.2. The largest absolute Gasteiger partial charge is 0.490 e. The topological polar surface area (TPSA) is 140 Å². The lowest BCUT2D eigenvalue weighted by molar-refractivity contribution is -0.127. The fourth-order valence-corrected chi connectivity index (χ4v) is 5.10. The van der Waals surface area contributed by atoms with E-state index in [0.717, 1.165) is 10.5 Å². The van der Waals surface area contributed by atoms with E-state index in [2.05, 4.69) is 15.4 Å². The number of carbonyl (C=O) groups is 5. The van der Waals surface area contributed by atoms with E-state index in [1.54, 1.807) is 31.2 Å². The van der Waals surface area contributed by atoms with Gasteiger partial charge in [0.1, 0.15) is 6.54 Å². The predicted molar refractivity (Wildman–Crippen MR) is 167 cm³/mol. The number of ether oxygens (including phenoxy) is 3. The van der Waals surface area contributed by atoms with Gasteiger partial charge in [-0.25, -0.2) is 4.79 Å². The van der Waals surface area contributed by atoms with Gasteiger partial charge in [-0.15, -0.1) is 0 Å². The molecule has 3 aromatic rings. The van der Waals surface area contributed by atoms with Gasteiger partial charge in [-0.1, -0.05) is 29.8 Å². The molecule has 11 nitrogen and oxygen atoms in total. The van der Waals surface area contributed by atoms with Crippen molar-refractivity contribution in [3.05, 3.63) is 87.3 Å². The van der Waals surface area contributed by atoms with Crippen molar-refractivity contribution in [2.45, 2.75) is 13.8 Å². The maximum Gasteiger partial charge on any atom is 0.339 e. The average Bonchev–Trinajstić information content (AvgIpc) is 3.24. The third kappa shape index (κ3) is 8.17. The Bertz CT molecular complexity index is 1660. The highest BCUT2D eigenvalue weighted by atomic mass is 35.5. The average molecular weight is 638 g/mol. The van der Waals surface area contributed by atoms with Crippen LogP contribution in [-0.4, -0.2) is 60.7 Å². The minimum Gasteiger partial charge on any atom is -0.490 e. The molecular formula is C31H28ClN3O8S. The van der Waals surface area contributed by atoms with Crippen LogP contribution in [0.5, 0.6) is 11.5 Å². The fraction of sp³-hybridized carbons (Fsp3) is 0.194. The Labute approximate surface area is 262 Å². The lowest BCUT2D eigenvalue weighted by Gasteiger charge is -2.13. The van der Waals surface area contributed by atoms with Gasteiger partial charge >= 0.3 is 5.97 Å². The van der Waals surface area contributed by atoms with Gasteiger partial charge < -0.3 is 24.8 Å².